The van der Waals surface area contributed by atoms with Crippen LogP contribution in [0.4, 0.5) is 4.79 Å². The standard InChI is InChI=1S/C28H34N4O8/c1-6-12-39-20-10-8-18(13-22(20)36-4)15-29-32-24(33)16-40-21-11-9-19(14-23(21)37-5)26-25(27(34)38-7-2)17(3)30-28(35)31-26/h8-11,13-15,26H,6-7,12,16H2,1-5H3,(H,32,33)(H2,30,31,35)/b29-15-/t26-/m1/s1. The Bertz CT molecular complexity index is 1290. The van der Waals surface area contributed by atoms with Crippen molar-refractivity contribution in [1.82, 2.24) is 16.1 Å². The zero-order valence-corrected chi connectivity index (χ0v) is 23.2. The molecule has 0 aliphatic carbocycles. The Morgan fingerprint density at radius 1 is 1.00 bits per heavy atom. The van der Waals surface area contributed by atoms with Gasteiger partial charge >= 0.3 is 12.0 Å². The van der Waals surface area contributed by atoms with Gasteiger partial charge in [0.2, 0.25) is 0 Å². The summed E-state index contributed by atoms with van der Waals surface area (Å²) in [6.45, 7) is 5.77. The summed E-state index contributed by atoms with van der Waals surface area (Å²) in [7, 11) is 2.99. The third kappa shape index (κ3) is 7.65. The first kappa shape index (κ1) is 29.8. The van der Waals surface area contributed by atoms with E-state index in [4.69, 9.17) is 23.7 Å². The molecule has 12 nitrogen and oxygen atoms in total. The van der Waals surface area contributed by atoms with E-state index in [1.807, 2.05) is 6.92 Å². The first-order chi connectivity index (χ1) is 19.3. The zero-order valence-electron chi connectivity index (χ0n) is 23.2. The van der Waals surface area contributed by atoms with E-state index in [1.54, 1.807) is 57.4 Å². The average Bonchev–Trinajstić information content (AvgIpc) is 2.94. The number of esters is 1. The molecule has 0 spiro atoms. The van der Waals surface area contributed by atoms with Crippen LogP contribution in [0.3, 0.4) is 0 Å². The number of urea groups is 1. The largest absolute Gasteiger partial charge is 0.493 e. The van der Waals surface area contributed by atoms with Gasteiger partial charge in [0, 0.05) is 5.70 Å². The minimum Gasteiger partial charge on any atom is -0.493 e. The highest BCUT2D eigenvalue weighted by atomic mass is 16.5. The summed E-state index contributed by atoms with van der Waals surface area (Å²) in [5.74, 6) is 0.743. The van der Waals surface area contributed by atoms with Gasteiger partial charge in [-0.05, 0) is 61.7 Å². The van der Waals surface area contributed by atoms with Crippen LogP contribution in [0, 0.1) is 0 Å². The molecular weight excluding hydrogens is 520 g/mol. The molecule has 3 amide bonds. The lowest BCUT2D eigenvalue weighted by molar-refractivity contribution is -0.139. The van der Waals surface area contributed by atoms with Gasteiger partial charge in [-0.1, -0.05) is 13.0 Å². The summed E-state index contributed by atoms with van der Waals surface area (Å²) < 4.78 is 27.2. The quantitative estimate of drug-likeness (QED) is 0.194. The number of hydrogen-bond acceptors (Lipinski definition) is 9. The molecule has 0 unspecified atom stereocenters. The molecule has 1 aliphatic rings. The zero-order chi connectivity index (χ0) is 29.1. The molecule has 1 heterocycles. The number of carbonyl (C=O) groups is 3. The molecule has 0 saturated carbocycles. The predicted molar refractivity (Wildman–Crippen MR) is 147 cm³/mol. The first-order valence-corrected chi connectivity index (χ1v) is 12.7. The van der Waals surface area contributed by atoms with Crippen LogP contribution in [-0.2, 0) is 14.3 Å². The van der Waals surface area contributed by atoms with Crippen LogP contribution in [0.25, 0.3) is 0 Å². The lowest BCUT2D eigenvalue weighted by Crippen LogP contribution is -2.45. The van der Waals surface area contributed by atoms with Crippen molar-refractivity contribution in [2.45, 2.75) is 33.2 Å². The van der Waals surface area contributed by atoms with Gasteiger partial charge in [0.15, 0.2) is 29.6 Å². The highest BCUT2D eigenvalue weighted by molar-refractivity contribution is 5.95. The number of hydrazone groups is 1. The minimum atomic E-state index is -0.765. The lowest BCUT2D eigenvalue weighted by Gasteiger charge is -2.28. The molecule has 0 saturated heterocycles. The third-order valence-electron chi connectivity index (χ3n) is 5.70. The normalized spacial score (nSPS) is 14.7. The topological polar surface area (TPSA) is 146 Å². The minimum absolute atomic E-state index is 0.187. The maximum Gasteiger partial charge on any atom is 0.338 e. The molecule has 1 atom stereocenters. The van der Waals surface area contributed by atoms with Crippen LogP contribution in [0.2, 0.25) is 0 Å². The molecule has 0 bridgehead atoms. The summed E-state index contributed by atoms with van der Waals surface area (Å²) in [4.78, 5) is 37.0. The van der Waals surface area contributed by atoms with E-state index in [9.17, 15) is 14.4 Å². The fourth-order valence-electron chi connectivity index (χ4n) is 3.86. The van der Waals surface area contributed by atoms with Gasteiger partial charge in [-0.25, -0.2) is 15.0 Å². The van der Waals surface area contributed by atoms with E-state index in [1.165, 1.54) is 13.3 Å². The molecule has 0 fully saturated rings. The maximum atomic E-state index is 12.6. The predicted octanol–water partition coefficient (Wildman–Crippen LogP) is 3.21. The van der Waals surface area contributed by atoms with Gasteiger partial charge in [0.05, 0.1) is 45.3 Å². The average molecular weight is 555 g/mol. The fraction of sp³-hybridized carbons (Fsp3) is 0.357. The molecule has 0 aromatic heterocycles. The molecule has 2 aromatic carbocycles. The monoisotopic (exact) mass is 554 g/mol. The number of ether oxygens (including phenoxy) is 5. The third-order valence-corrected chi connectivity index (χ3v) is 5.70. The van der Waals surface area contributed by atoms with Gasteiger partial charge in [0.25, 0.3) is 5.91 Å². The number of hydrogen-bond donors (Lipinski definition) is 3. The fourth-order valence-corrected chi connectivity index (χ4v) is 3.86. The van der Waals surface area contributed by atoms with Crippen LogP contribution >= 0.6 is 0 Å². The Balaban J connectivity index is 1.64. The van der Waals surface area contributed by atoms with Crippen LogP contribution in [0.15, 0.2) is 52.8 Å². The molecular formula is C28H34N4O8. The number of allylic oxidation sites excluding steroid dienone is 1. The number of amides is 3. The van der Waals surface area contributed by atoms with E-state index >= 15 is 0 Å². The van der Waals surface area contributed by atoms with Crippen molar-refractivity contribution in [3.05, 3.63) is 58.8 Å². The van der Waals surface area contributed by atoms with Crippen molar-refractivity contribution in [1.29, 1.82) is 0 Å². The van der Waals surface area contributed by atoms with Crippen LogP contribution < -0.4 is 35.0 Å². The molecule has 3 rings (SSSR count). The van der Waals surface area contributed by atoms with Gasteiger partial charge in [-0.15, -0.1) is 0 Å². The molecule has 12 heteroatoms. The molecule has 0 radical (unpaired) electrons. The number of benzene rings is 2. The van der Waals surface area contributed by atoms with Gasteiger partial charge in [-0.2, -0.15) is 5.10 Å². The number of rotatable bonds is 13. The number of carbonyl (C=O) groups excluding carboxylic acids is 3. The van der Waals surface area contributed by atoms with Crippen LogP contribution in [0.5, 0.6) is 23.0 Å². The van der Waals surface area contributed by atoms with E-state index < -0.39 is 23.9 Å². The van der Waals surface area contributed by atoms with E-state index in [0.717, 1.165) is 6.42 Å². The van der Waals surface area contributed by atoms with Gasteiger partial charge < -0.3 is 34.3 Å². The lowest BCUT2D eigenvalue weighted by atomic mass is 9.95. The Kier molecular flexibility index (Phi) is 10.7. The van der Waals surface area contributed by atoms with Crippen LogP contribution in [-0.4, -0.2) is 58.2 Å². The molecule has 1 aliphatic heterocycles. The summed E-state index contributed by atoms with van der Waals surface area (Å²) in [5, 5.41) is 9.28. The molecule has 2 aromatic rings. The summed E-state index contributed by atoms with van der Waals surface area (Å²) in [6, 6.07) is 8.97. The maximum absolute atomic E-state index is 12.6. The number of nitrogens with one attached hydrogen (secondary N) is 3. The number of nitrogens with zero attached hydrogens (tertiary/aromatic N) is 1. The number of methoxy groups -OCH3 is 2. The van der Waals surface area contributed by atoms with Crippen LogP contribution in [0.1, 0.15) is 44.4 Å². The summed E-state index contributed by atoms with van der Waals surface area (Å²) in [5.41, 5.74) is 4.34. The van der Waals surface area contributed by atoms with Gasteiger partial charge in [0.1, 0.15) is 0 Å². The van der Waals surface area contributed by atoms with Crippen molar-refractivity contribution in [2.75, 3.05) is 34.0 Å². The van der Waals surface area contributed by atoms with Gasteiger partial charge in [-0.3, -0.25) is 4.79 Å². The Labute approximate surface area is 232 Å². The molecule has 40 heavy (non-hydrogen) atoms. The SMILES string of the molecule is CCCOc1ccc(/C=N\NC(=O)COc2ccc([C@H]3NC(=O)NC(C)=C3C(=O)OCC)cc2OC)cc1OC. The van der Waals surface area contributed by atoms with Crippen molar-refractivity contribution in [3.63, 3.8) is 0 Å². The second kappa shape index (κ2) is 14.4. The molecule has 214 valence electrons. The molecule has 3 N–H and O–H groups in total. The Hall–Kier alpha value is -4.74. The van der Waals surface area contributed by atoms with Crippen molar-refractivity contribution in [2.24, 2.45) is 5.10 Å². The van der Waals surface area contributed by atoms with Crippen molar-refractivity contribution >= 4 is 24.1 Å². The Morgan fingerprint density at radius 2 is 1.70 bits per heavy atom. The highest BCUT2D eigenvalue weighted by Crippen LogP contribution is 2.34. The van der Waals surface area contributed by atoms with E-state index in [0.29, 0.717) is 40.7 Å². The smallest absolute Gasteiger partial charge is 0.338 e. The van der Waals surface area contributed by atoms with Crippen molar-refractivity contribution < 1.29 is 38.1 Å². The second-order valence-electron chi connectivity index (χ2n) is 8.54. The summed E-state index contributed by atoms with van der Waals surface area (Å²) in [6.07, 6.45) is 2.35. The highest BCUT2D eigenvalue weighted by Gasteiger charge is 2.32. The first-order valence-electron chi connectivity index (χ1n) is 12.7. The van der Waals surface area contributed by atoms with E-state index in [-0.39, 0.29) is 24.5 Å². The Morgan fingerprint density at radius 3 is 2.40 bits per heavy atom. The summed E-state index contributed by atoms with van der Waals surface area (Å²) >= 11 is 0. The second-order valence-corrected chi connectivity index (χ2v) is 8.54. The van der Waals surface area contributed by atoms with E-state index in [2.05, 4.69) is 21.2 Å². The van der Waals surface area contributed by atoms with Crippen molar-refractivity contribution in [3.8, 4) is 23.0 Å².